The van der Waals surface area contributed by atoms with Gasteiger partial charge in [-0.05, 0) is 49.3 Å². The number of aromatic nitrogens is 2. The van der Waals surface area contributed by atoms with Crippen molar-refractivity contribution in [2.45, 2.75) is 57.5 Å². The minimum Gasteiger partial charge on any atom is -0.350 e. The van der Waals surface area contributed by atoms with Gasteiger partial charge in [0, 0.05) is 42.0 Å². The summed E-state index contributed by atoms with van der Waals surface area (Å²) in [5.41, 5.74) is 9.80. The van der Waals surface area contributed by atoms with E-state index in [1.165, 1.54) is 11.3 Å². The molecule has 7 heteroatoms. The Bertz CT molecular complexity index is 903. The topological polar surface area (TPSA) is 75.3 Å². The number of aryl methyl sites for hydroxylation is 1. The summed E-state index contributed by atoms with van der Waals surface area (Å²) in [5.74, 6) is 1.57. The van der Waals surface area contributed by atoms with Crippen LogP contribution in [0.3, 0.4) is 0 Å². The normalized spacial score (nSPS) is 22.1. The molecule has 1 amide bonds. The number of nitrogens with two attached hydrogens (primary N) is 1. The van der Waals surface area contributed by atoms with E-state index in [2.05, 4.69) is 28.7 Å². The van der Waals surface area contributed by atoms with Crippen molar-refractivity contribution < 1.29 is 4.79 Å². The average molecular weight is 428 g/mol. The Labute approximate surface area is 183 Å². The summed E-state index contributed by atoms with van der Waals surface area (Å²) in [6, 6.07) is 7.22. The molecule has 2 N–H and O–H groups in total. The molecule has 1 unspecified atom stereocenters. The summed E-state index contributed by atoms with van der Waals surface area (Å²) in [5, 5.41) is 0.686. The maximum Gasteiger partial charge on any atom is 0.239 e. The molecule has 0 spiro atoms. The summed E-state index contributed by atoms with van der Waals surface area (Å²) in [4.78, 5) is 26.5. The molecule has 2 aromatic rings. The first kappa shape index (κ1) is 21.1. The van der Waals surface area contributed by atoms with Crippen LogP contribution in [0.1, 0.15) is 49.4 Å². The van der Waals surface area contributed by atoms with Gasteiger partial charge in [-0.1, -0.05) is 37.6 Å². The zero-order valence-electron chi connectivity index (χ0n) is 17.7. The fraction of sp³-hybridized carbons (Fsp3) is 0.522. The molecule has 30 heavy (non-hydrogen) atoms. The van der Waals surface area contributed by atoms with Crippen molar-refractivity contribution in [3.8, 4) is 0 Å². The SMILES string of the molecule is CC[C@H]1CN(C(=O)C(N)Cc2ccc(Cl)cc2)CCN1c1ncnc2c1[C@H](C)CC2. The van der Waals surface area contributed by atoms with Crippen molar-refractivity contribution in [2.24, 2.45) is 5.73 Å². The fourth-order valence-electron chi connectivity index (χ4n) is 4.73. The van der Waals surface area contributed by atoms with Crippen LogP contribution in [0.15, 0.2) is 30.6 Å². The first-order valence-electron chi connectivity index (χ1n) is 10.9. The summed E-state index contributed by atoms with van der Waals surface area (Å²) in [7, 11) is 0. The van der Waals surface area contributed by atoms with E-state index >= 15 is 0 Å². The molecule has 160 valence electrons. The van der Waals surface area contributed by atoms with E-state index in [9.17, 15) is 4.79 Å². The molecular weight excluding hydrogens is 398 g/mol. The van der Waals surface area contributed by atoms with Gasteiger partial charge in [-0.25, -0.2) is 9.97 Å². The van der Waals surface area contributed by atoms with Gasteiger partial charge in [-0.15, -0.1) is 0 Å². The van der Waals surface area contributed by atoms with Gasteiger partial charge >= 0.3 is 0 Å². The van der Waals surface area contributed by atoms with Crippen LogP contribution in [0.5, 0.6) is 0 Å². The van der Waals surface area contributed by atoms with Gasteiger partial charge in [-0.3, -0.25) is 4.79 Å². The molecule has 2 aliphatic rings. The minimum atomic E-state index is -0.543. The Morgan fingerprint density at radius 1 is 1.27 bits per heavy atom. The van der Waals surface area contributed by atoms with Crippen molar-refractivity contribution in [2.75, 3.05) is 24.5 Å². The lowest BCUT2D eigenvalue weighted by Crippen LogP contribution is -2.58. The van der Waals surface area contributed by atoms with Gasteiger partial charge in [0.1, 0.15) is 12.1 Å². The van der Waals surface area contributed by atoms with Gasteiger partial charge in [0.2, 0.25) is 5.91 Å². The van der Waals surface area contributed by atoms with Gasteiger partial charge in [0.15, 0.2) is 0 Å². The molecule has 0 radical (unpaired) electrons. The Morgan fingerprint density at radius 2 is 2.03 bits per heavy atom. The fourth-order valence-corrected chi connectivity index (χ4v) is 4.86. The molecule has 4 rings (SSSR count). The highest BCUT2D eigenvalue weighted by atomic mass is 35.5. The number of anilines is 1. The van der Waals surface area contributed by atoms with Gasteiger partial charge in [0.25, 0.3) is 0 Å². The maximum absolute atomic E-state index is 13.0. The monoisotopic (exact) mass is 427 g/mol. The first-order chi connectivity index (χ1) is 14.5. The lowest BCUT2D eigenvalue weighted by atomic mass is 10.0. The Balaban J connectivity index is 1.45. The molecule has 1 saturated heterocycles. The summed E-state index contributed by atoms with van der Waals surface area (Å²) >= 11 is 5.95. The molecule has 1 aliphatic carbocycles. The van der Waals surface area contributed by atoms with Gasteiger partial charge in [0.05, 0.1) is 6.04 Å². The predicted octanol–water partition coefficient (Wildman–Crippen LogP) is 3.18. The van der Waals surface area contributed by atoms with Crippen LogP contribution in [0.2, 0.25) is 5.02 Å². The number of hydrogen-bond acceptors (Lipinski definition) is 5. The van der Waals surface area contributed by atoms with E-state index in [0.29, 0.717) is 30.5 Å². The number of halogens is 1. The number of fused-ring (bicyclic) bond motifs is 1. The highest BCUT2D eigenvalue weighted by Gasteiger charge is 2.34. The standard InChI is InChI=1S/C23H30ClN5O/c1-3-18-13-28(23(30)19(25)12-16-5-7-17(24)8-6-16)10-11-29(18)22-21-15(2)4-9-20(21)26-14-27-22/h5-8,14-15,18-19H,3-4,9-13,25H2,1-2H3/t15-,18+,19?/m1/s1. The zero-order valence-corrected chi connectivity index (χ0v) is 18.5. The van der Waals surface area contributed by atoms with E-state index in [1.807, 2.05) is 29.2 Å². The van der Waals surface area contributed by atoms with E-state index in [4.69, 9.17) is 17.3 Å². The first-order valence-corrected chi connectivity index (χ1v) is 11.2. The van der Waals surface area contributed by atoms with Crippen LogP contribution in [0.4, 0.5) is 5.82 Å². The molecule has 0 saturated carbocycles. The van der Waals surface area contributed by atoms with Gasteiger partial charge < -0.3 is 15.5 Å². The van der Waals surface area contributed by atoms with E-state index in [0.717, 1.165) is 37.2 Å². The number of rotatable bonds is 5. The molecule has 1 aliphatic heterocycles. The molecule has 0 bridgehead atoms. The maximum atomic E-state index is 13.0. The molecule has 1 aromatic carbocycles. The second-order valence-corrected chi connectivity index (χ2v) is 8.91. The van der Waals surface area contributed by atoms with Crippen LogP contribution in [0, 0.1) is 0 Å². The van der Waals surface area contributed by atoms with Crippen molar-refractivity contribution in [1.29, 1.82) is 0 Å². The third-order valence-corrected chi connectivity index (χ3v) is 6.73. The van der Waals surface area contributed by atoms with Crippen LogP contribution in [-0.2, 0) is 17.6 Å². The van der Waals surface area contributed by atoms with Crippen molar-refractivity contribution in [3.63, 3.8) is 0 Å². The van der Waals surface area contributed by atoms with Gasteiger partial charge in [-0.2, -0.15) is 0 Å². The third kappa shape index (κ3) is 4.16. The molecular formula is C23H30ClN5O. The molecule has 3 atom stereocenters. The summed E-state index contributed by atoms with van der Waals surface area (Å²) in [6.07, 6.45) is 5.32. The number of carbonyl (C=O) groups excluding carboxylic acids is 1. The summed E-state index contributed by atoms with van der Waals surface area (Å²) < 4.78 is 0. The highest BCUT2D eigenvalue weighted by Crippen LogP contribution is 2.38. The Morgan fingerprint density at radius 3 is 2.77 bits per heavy atom. The second kappa shape index (κ2) is 8.90. The average Bonchev–Trinajstić information content (AvgIpc) is 3.15. The van der Waals surface area contributed by atoms with E-state index in [-0.39, 0.29) is 11.9 Å². The smallest absolute Gasteiger partial charge is 0.239 e. The number of carbonyl (C=O) groups is 1. The van der Waals surface area contributed by atoms with Crippen LogP contribution in [0.25, 0.3) is 0 Å². The Kier molecular flexibility index (Phi) is 6.25. The quantitative estimate of drug-likeness (QED) is 0.793. The van der Waals surface area contributed by atoms with E-state index < -0.39 is 6.04 Å². The molecule has 6 nitrogen and oxygen atoms in total. The molecule has 1 fully saturated rings. The predicted molar refractivity (Wildman–Crippen MR) is 120 cm³/mol. The van der Waals surface area contributed by atoms with Crippen LogP contribution in [-0.4, -0.2) is 52.5 Å². The van der Waals surface area contributed by atoms with Crippen molar-refractivity contribution >= 4 is 23.3 Å². The molecule has 1 aromatic heterocycles. The second-order valence-electron chi connectivity index (χ2n) is 8.47. The highest BCUT2D eigenvalue weighted by molar-refractivity contribution is 6.30. The minimum absolute atomic E-state index is 0.0179. The van der Waals surface area contributed by atoms with Crippen LogP contribution >= 0.6 is 11.6 Å². The number of nitrogens with zero attached hydrogens (tertiary/aromatic N) is 4. The summed E-state index contributed by atoms with van der Waals surface area (Å²) in [6.45, 7) is 6.54. The number of hydrogen-bond donors (Lipinski definition) is 1. The lowest BCUT2D eigenvalue weighted by Gasteiger charge is -2.43. The lowest BCUT2D eigenvalue weighted by molar-refractivity contribution is -0.133. The largest absolute Gasteiger partial charge is 0.350 e. The Hall–Kier alpha value is -2.18. The molecule has 2 heterocycles. The van der Waals surface area contributed by atoms with Crippen molar-refractivity contribution in [3.05, 3.63) is 52.4 Å². The number of benzene rings is 1. The van der Waals surface area contributed by atoms with E-state index in [1.54, 1.807) is 6.33 Å². The zero-order chi connectivity index (χ0) is 21.3. The number of amides is 1. The third-order valence-electron chi connectivity index (χ3n) is 6.48. The van der Waals surface area contributed by atoms with Crippen molar-refractivity contribution in [1.82, 2.24) is 14.9 Å². The number of piperazine rings is 1. The van der Waals surface area contributed by atoms with Crippen LogP contribution < -0.4 is 10.6 Å².